The molecule has 0 aliphatic rings. The van der Waals surface area contributed by atoms with Crippen LogP contribution in [-0.4, -0.2) is 50.6 Å². The fourth-order valence-electron chi connectivity index (χ4n) is 1.80. The van der Waals surface area contributed by atoms with Gasteiger partial charge in [-0.1, -0.05) is 19.1 Å². The highest BCUT2D eigenvalue weighted by atomic mass is 127. The quantitative estimate of drug-likeness (QED) is 0.439. The Hall–Kier alpha value is -0.980. The van der Waals surface area contributed by atoms with Gasteiger partial charge in [0.05, 0.1) is 13.2 Å². The van der Waals surface area contributed by atoms with Gasteiger partial charge in [0, 0.05) is 28.2 Å². The summed E-state index contributed by atoms with van der Waals surface area (Å²) in [6.07, 6.45) is 1.02. The molecule has 0 saturated heterocycles. The second-order valence-corrected chi connectivity index (χ2v) is 4.90. The van der Waals surface area contributed by atoms with Crippen LogP contribution in [0.3, 0.4) is 0 Å². The monoisotopic (exact) mass is 391 g/mol. The van der Waals surface area contributed by atoms with Crippen LogP contribution in [0.5, 0.6) is 5.75 Å². The van der Waals surface area contributed by atoms with E-state index in [2.05, 4.69) is 24.0 Å². The van der Waals surface area contributed by atoms with E-state index < -0.39 is 0 Å². The summed E-state index contributed by atoms with van der Waals surface area (Å²) in [5.41, 5.74) is 1.16. The summed E-state index contributed by atoms with van der Waals surface area (Å²) in [6, 6.07) is 8.13. The van der Waals surface area contributed by atoms with Crippen molar-refractivity contribution in [3.8, 4) is 5.75 Å². The molecule has 0 amide bonds. The number of benzene rings is 1. The molecule has 20 heavy (non-hydrogen) atoms. The van der Waals surface area contributed by atoms with E-state index in [0.717, 1.165) is 30.3 Å². The molecule has 0 aliphatic heterocycles. The topological polar surface area (TPSA) is 28.1 Å². The summed E-state index contributed by atoms with van der Waals surface area (Å²) >= 11 is 0. The van der Waals surface area contributed by atoms with Crippen molar-refractivity contribution < 1.29 is 4.74 Å². The Balaban J connectivity index is 0.00000361. The maximum absolute atomic E-state index is 5.63. The number of rotatable bonds is 5. The van der Waals surface area contributed by atoms with E-state index in [1.165, 1.54) is 0 Å². The molecule has 0 spiro atoms. The fourth-order valence-corrected chi connectivity index (χ4v) is 1.80. The van der Waals surface area contributed by atoms with Gasteiger partial charge in [-0.05, 0) is 24.1 Å². The molecule has 0 heterocycles. The Labute approximate surface area is 139 Å². The van der Waals surface area contributed by atoms with Gasteiger partial charge < -0.3 is 14.5 Å². The molecule has 0 bridgehead atoms. The van der Waals surface area contributed by atoms with Gasteiger partial charge in [-0.2, -0.15) is 0 Å². The molecule has 0 saturated carbocycles. The lowest BCUT2D eigenvalue weighted by Crippen LogP contribution is -2.35. The van der Waals surface area contributed by atoms with Crippen LogP contribution >= 0.6 is 24.0 Å². The smallest absolute Gasteiger partial charge is 0.195 e. The highest BCUT2D eigenvalue weighted by Gasteiger charge is 2.04. The number of nitrogens with zero attached hydrogens (tertiary/aromatic N) is 3. The molecule has 4 nitrogen and oxygen atoms in total. The largest absolute Gasteiger partial charge is 0.494 e. The summed E-state index contributed by atoms with van der Waals surface area (Å²) in [4.78, 5) is 8.65. The Morgan fingerprint density at radius 2 is 1.80 bits per heavy atom. The second kappa shape index (κ2) is 9.85. The van der Waals surface area contributed by atoms with Crippen molar-refractivity contribution in [2.24, 2.45) is 4.99 Å². The molecule has 0 N–H and O–H groups in total. The highest BCUT2D eigenvalue weighted by molar-refractivity contribution is 14.0. The van der Waals surface area contributed by atoms with Gasteiger partial charge in [0.2, 0.25) is 0 Å². The number of hydrogen-bond donors (Lipinski definition) is 0. The average Bonchev–Trinajstić information content (AvgIpc) is 2.36. The third-order valence-corrected chi connectivity index (χ3v) is 2.57. The molecule has 1 aromatic rings. The molecule has 114 valence electrons. The van der Waals surface area contributed by atoms with Crippen LogP contribution in [0.1, 0.15) is 18.9 Å². The van der Waals surface area contributed by atoms with E-state index in [1.807, 2.05) is 50.1 Å². The minimum absolute atomic E-state index is 0. The van der Waals surface area contributed by atoms with E-state index in [9.17, 15) is 0 Å². The van der Waals surface area contributed by atoms with Crippen LogP contribution in [0.15, 0.2) is 29.3 Å². The molecule has 0 unspecified atom stereocenters. The summed E-state index contributed by atoms with van der Waals surface area (Å²) in [7, 11) is 8.00. The van der Waals surface area contributed by atoms with Crippen LogP contribution in [-0.2, 0) is 6.54 Å². The van der Waals surface area contributed by atoms with E-state index >= 15 is 0 Å². The van der Waals surface area contributed by atoms with Crippen molar-refractivity contribution in [3.63, 3.8) is 0 Å². The standard InChI is InChI=1S/C15H25N3O.HI/c1-6-10-19-14-9-7-8-13(11-14)12-16-15(17(2)3)18(4)5;/h7-9,11H,6,10,12H2,1-5H3;1H. The lowest BCUT2D eigenvalue weighted by molar-refractivity contribution is 0.317. The zero-order valence-electron chi connectivity index (χ0n) is 13.1. The molecule has 0 aromatic heterocycles. The zero-order chi connectivity index (χ0) is 14.3. The van der Waals surface area contributed by atoms with Gasteiger partial charge in [-0.3, -0.25) is 0 Å². The molecule has 1 aromatic carbocycles. The van der Waals surface area contributed by atoms with Gasteiger partial charge >= 0.3 is 0 Å². The Kier molecular flexibility index (Phi) is 9.37. The second-order valence-electron chi connectivity index (χ2n) is 4.90. The number of aliphatic imine (C=N–C) groups is 1. The SMILES string of the molecule is CCCOc1cccc(CN=C(N(C)C)N(C)C)c1.I. The van der Waals surface area contributed by atoms with Crippen LogP contribution in [0, 0.1) is 0 Å². The number of ether oxygens (including phenoxy) is 1. The minimum atomic E-state index is 0. The molecule has 0 fully saturated rings. The van der Waals surface area contributed by atoms with E-state index in [1.54, 1.807) is 0 Å². The van der Waals surface area contributed by atoms with Crippen LogP contribution in [0.2, 0.25) is 0 Å². The van der Waals surface area contributed by atoms with E-state index in [4.69, 9.17) is 4.74 Å². The first-order valence-electron chi connectivity index (χ1n) is 6.65. The van der Waals surface area contributed by atoms with Gasteiger partial charge in [-0.15, -0.1) is 24.0 Å². The maximum atomic E-state index is 5.63. The average molecular weight is 391 g/mol. The van der Waals surface area contributed by atoms with Gasteiger partial charge in [0.15, 0.2) is 5.96 Å². The first kappa shape index (κ1) is 19.0. The Morgan fingerprint density at radius 1 is 1.15 bits per heavy atom. The molecule has 0 atom stereocenters. The van der Waals surface area contributed by atoms with Crippen LogP contribution in [0.4, 0.5) is 0 Å². The van der Waals surface area contributed by atoms with Crippen LogP contribution in [0.25, 0.3) is 0 Å². The highest BCUT2D eigenvalue weighted by Crippen LogP contribution is 2.14. The fraction of sp³-hybridized carbons (Fsp3) is 0.533. The molecule has 0 radical (unpaired) electrons. The predicted molar refractivity (Wildman–Crippen MR) is 96.2 cm³/mol. The number of hydrogen-bond acceptors (Lipinski definition) is 2. The van der Waals surface area contributed by atoms with Gasteiger partial charge in [-0.25, -0.2) is 4.99 Å². The Morgan fingerprint density at radius 3 is 2.35 bits per heavy atom. The summed E-state index contributed by atoms with van der Waals surface area (Å²) in [6.45, 7) is 3.52. The first-order chi connectivity index (χ1) is 9.04. The number of guanidine groups is 1. The Bertz CT molecular complexity index is 409. The van der Waals surface area contributed by atoms with Crippen molar-refractivity contribution in [2.75, 3.05) is 34.8 Å². The maximum Gasteiger partial charge on any atom is 0.195 e. The summed E-state index contributed by atoms with van der Waals surface area (Å²) < 4.78 is 5.63. The van der Waals surface area contributed by atoms with E-state index in [0.29, 0.717) is 6.54 Å². The normalized spacial score (nSPS) is 9.45. The molecule has 0 aliphatic carbocycles. The molecular weight excluding hydrogens is 365 g/mol. The van der Waals surface area contributed by atoms with E-state index in [-0.39, 0.29) is 24.0 Å². The van der Waals surface area contributed by atoms with Crippen LogP contribution < -0.4 is 4.74 Å². The van der Waals surface area contributed by atoms with Gasteiger partial charge in [0.25, 0.3) is 0 Å². The summed E-state index contributed by atoms with van der Waals surface area (Å²) in [5.74, 6) is 1.88. The lowest BCUT2D eigenvalue weighted by Gasteiger charge is -2.22. The van der Waals surface area contributed by atoms with Crippen molar-refractivity contribution >= 4 is 29.9 Å². The molecule has 5 heteroatoms. The molecular formula is C15H26IN3O. The zero-order valence-corrected chi connectivity index (χ0v) is 15.4. The molecule has 1 rings (SSSR count). The lowest BCUT2D eigenvalue weighted by atomic mass is 10.2. The third kappa shape index (κ3) is 6.45. The van der Waals surface area contributed by atoms with Crippen molar-refractivity contribution in [1.82, 2.24) is 9.80 Å². The predicted octanol–water partition coefficient (Wildman–Crippen LogP) is 3.07. The first-order valence-corrected chi connectivity index (χ1v) is 6.65. The van der Waals surface area contributed by atoms with Gasteiger partial charge in [0.1, 0.15) is 5.75 Å². The minimum Gasteiger partial charge on any atom is -0.494 e. The van der Waals surface area contributed by atoms with Crippen molar-refractivity contribution in [1.29, 1.82) is 0 Å². The number of halogens is 1. The van der Waals surface area contributed by atoms with Crippen molar-refractivity contribution in [3.05, 3.63) is 29.8 Å². The third-order valence-electron chi connectivity index (χ3n) is 2.57. The summed E-state index contributed by atoms with van der Waals surface area (Å²) in [5, 5.41) is 0. The van der Waals surface area contributed by atoms with Crippen molar-refractivity contribution in [2.45, 2.75) is 19.9 Å².